The van der Waals surface area contributed by atoms with Crippen molar-refractivity contribution in [2.45, 2.75) is 13.1 Å². The lowest BCUT2D eigenvalue weighted by Crippen LogP contribution is -2.30. The summed E-state index contributed by atoms with van der Waals surface area (Å²) in [7, 11) is 0. The van der Waals surface area contributed by atoms with Gasteiger partial charge in [-0.05, 0) is 30.3 Å². The average molecular weight is 359 g/mol. The Labute approximate surface area is 155 Å². The number of benzene rings is 2. The zero-order chi connectivity index (χ0) is 18.6. The highest BCUT2D eigenvalue weighted by molar-refractivity contribution is 5.93. The quantitative estimate of drug-likeness (QED) is 0.587. The van der Waals surface area contributed by atoms with Crippen molar-refractivity contribution in [1.29, 1.82) is 0 Å². The number of hydrogen-bond donors (Lipinski definition) is 1. The van der Waals surface area contributed by atoms with E-state index in [0.717, 1.165) is 5.52 Å². The Bertz CT molecular complexity index is 1080. The number of aromatic hydroxyl groups is 1. The van der Waals surface area contributed by atoms with Crippen molar-refractivity contribution < 1.29 is 14.3 Å². The van der Waals surface area contributed by atoms with E-state index in [0.29, 0.717) is 16.8 Å². The van der Waals surface area contributed by atoms with Crippen molar-refractivity contribution in [1.82, 2.24) is 14.9 Å². The van der Waals surface area contributed by atoms with Crippen molar-refractivity contribution in [3.05, 3.63) is 90.1 Å². The second-order valence-corrected chi connectivity index (χ2v) is 6.11. The molecule has 0 aliphatic heterocycles. The van der Waals surface area contributed by atoms with Crippen LogP contribution in [-0.4, -0.2) is 25.9 Å². The molecule has 4 rings (SSSR count). The number of amides is 1. The Morgan fingerprint density at radius 2 is 1.74 bits per heavy atom. The van der Waals surface area contributed by atoms with E-state index in [1.807, 2.05) is 30.3 Å². The summed E-state index contributed by atoms with van der Waals surface area (Å²) in [5, 5.41) is 10.1. The van der Waals surface area contributed by atoms with E-state index in [2.05, 4.69) is 9.97 Å². The Morgan fingerprint density at radius 3 is 2.52 bits per heavy atom. The minimum atomic E-state index is -0.284. The molecule has 0 radical (unpaired) electrons. The lowest BCUT2D eigenvalue weighted by molar-refractivity contribution is 0.0710. The minimum absolute atomic E-state index is 0.138. The summed E-state index contributed by atoms with van der Waals surface area (Å²) in [5.74, 6) is 0.500. The SMILES string of the molecule is O=C(c1cnc2ccccc2n1)N(Cc1ccco1)Cc1ccccc1O. The zero-order valence-electron chi connectivity index (χ0n) is 14.4. The number of aromatic nitrogens is 2. The van der Waals surface area contributed by atoms with E-state index < -0.39 is 0 Å². The first-order valence-electron chi connectivity index (χ1n) is 8.51. The van der Waals surface area contributed by atoms with Crippen molar-refractivity contribution >= 4 is 16.9 Å². The minimum Gasteiger partial charge on any atom is -0.508 e. The van der Waals surface area contributed by atoms with Crippen molar-refractivity contribution in [2.75, 3.05) is 0 Å². The number of rotatable bonds is 5. The summed E-state index contributed by atoms with van der Waals surface area (Å²) in [6, 6.07) is 17.9. The van der Waals surface area contributed by atoms with E-state index in [-0.39, 0.29) is 30.4 Å². The van der Waals surface area contributed by atoms with Gasteiger partial charge in [0.1, 0.15) is 17.2 Å². The molecule has 0 aliphatic carbocycles. The summed E-state index contributed by atoms with van der Waals surface area (Å²) in [6.45, 7) is 0.482. The van der Waals surface area contributed by atoms with Crippen LogP contribution >= 0.6 is 0 Å². The smallest absolute Gasteiger partial charge is 0.274 e. The molecule has 0 unspecified atom stereocenters. The molecule has 6 heteroatoms. The molecule has 0 atom stereocenters. The van der Waals surface area contributed by atoms with Crippen LogP contribution in [0.25, 0.3) is 11.0 Å². The van der Waals surface area contributed by atoms with Gasteiger partial charge in [-0.3, -0.25) is 9.78 Å². The van der Waals surface area contributed by atoms with E-state index in [1.165, 1.54) is 6.20 Å². The highest BCUT2D eigenvalue weighted by Gasteiger charge is 2.21. The lowest BCUT2D eigenvalue weighted by atomic mass is 10.1. The maximum absolute atomic E-state index is 13.1. The van der Waals surface area contributed by atoms with Crippen LogP contribution in [0.2, 0.25) is 0 Å². The van der Waals surface area contributed by atoms with Crippen LogP contribution in [0.4, 0.5) is 0 Å². The first-order chi connectivity index (χ1) is 13.2. The molecule has 0 bridgehead atoms. The third-order valence-corrected chi connectivity index (χ3v) is 4.23. The molecule has 27 heavy (non-hydrogen) atoms. The van der Waals surface area contributed by atoms with Gasteiger partial charge in [0, 0.05) is 5.56 Å². The zero-order valence-corrected chi connectivity index (χ0v) is 14.4. The number of phenols is 1. The molecular formula is C21H17N3O3. The molecule has 4 aromatic rings. The second kappa shape index (κ2) is 7.29. The van der Waals surface area contributed by atoms with Gasteiger partial charge in [0.2, 0.25) is 0 Å². The first-order valence-corrected chi connectivity index (χ1v) is 8.51. The van der Waals surface area contributed by atoms with Crippen molar-refractivity contribution in [3.8, 4) is 5.75 Å². The number of carbonyl (C=O) groups is 1. The van der Waals surface area contributed by atoms with Gasteiger partial charge >= 0.3 is 0 Å². The first kappa shape index (κ1) is 16.8. The Hall–Kier alpha value is -3.67. The fraction of sp³-hybridized carbons (Fsp3) is 0.0952. The van der Waals surface area contributed by atoms with E-state index >= 15 is 0 Å². The molecule has 1 N–H and O–H groups in total. The largest absolute Gasteiger partial charge is 0.508 e. The molecule has 0 aliphatic rings. The normalized spacial score (nSPS) is 10.8. The maximum atomic E-state index is 13.1. The lowest BCUT2D eigenvalue weighted by Gasteiger charge is -2.22. The molecule has 1 amide bonds. The molecule has 6 nitrogen and oxygen atoms in total. The van der Waals surface area contributed by atoms with Gasteiger partial charge in [-0.25, -0.2) is 4.98 Å². The molecule has 0 fully saturated rings. The molecule has 2 aromatic carbocycles. The molecule has 0 saturated carbocycles. The highest BCUT2D eigenvalue weighted by atomic mass is 16.3. The number of furan rings is 1. The van der Waals surface area contributed by atoms with Crippen LogP contribution in [-0.2, 0) is 13.1 Å². The van der Waals surface area contributed by atoms with E-state index in [4.69, 9.17) is 4.42 Å². The number of nitrogens with zero attached hydrogens (tertiary/aromatic N) is 3. The predicted molar refractivity (Wildman–Crippen MR) is 99.9 cm³/mol. The van der Waals surface area contributed by atoms with Crippen molar-refractivity contribution in [2.24, 2.45) is 0 Å². The highest BCUT2D eigenvalue weighted by Crippen LogP contribution is 2.21. The Morgan fingerprint density at radius 1 is 0.963 bits per heavy atom. The number of fused-ring (bicyclic) bond motifs is 1. The fourth-order valence-electron chi connectivity index (χ4n) is 2.86. The van der Waals surface area contributed by atoms with Gasteiger partial charge in [-0.1, -0.05) is 30.3 Å². The summed E-state index contributed by atoms with van der Waals surface area (Å²) >= 11 is 0. The fourth-order valence-corrected chi connectivity index (χ4v) is 2.86. The van der Waals surface area contributed by atoms with Gasteiger partial charge < -0.3 is 14.4 Å². The summed E-state index contributed by atoms with van der Waals surface area (Å²) < 4.78 is 5.40. The van der Waals surface area contributed by atoms with Crippen LogP contribution in [0.1, 0.15) is 21.8 Å². The van der Waals surface area contributed by atoms with Gasteiger partial charge in [-0.2, -0.15) is 0 Å². The summed E-state index contributed by atoms with van der Waals surface area (Å²) in [5.41, 5.74) is 2.28. The van der Waals surface area contributed by atoms with Crippen molar-refractivity contribution in [3.63, 3.8) is 0 Å². The molecule has 2 aromatic heterocycles. The molecule has 134 valence electrons. The Balaban J connectivity index is 1.67. The van der Waals surface area contributed by atoms with E-state index in [1.54, 1.807) is 41.5 Å². The van der Waals surface area contributed by atoms with Gasteiger partial charge in [0.15, 0.2) is 0 Å². The maximum Gasteiger partial charge on any atom is 0.274 e. The summed E-state index contributed by atoms with van der Waals surface area (Å²) in [6.07, 6.45) is 3.04. The van der Waals surface area contributed by atoms with Gasteiger partial charge in [-0.15, -0.1) is 0 Å². The molecule has 0 saturated heterocycles. The standard InChI is InChI=1S/C21H17N3O3/c25-20-10-4-1-6-15(20)13-24(14-16-7-5-11-27-16)21(26)19-12-22-17-8-2-3-9-18(17)23-19/h1-12,25H,13-14H2. The van der Waals surface area contributed by atoms with Crippen LogP contribution < -0.4 is 0 Å². The van der Waals surface area contributed by atoms with Crippen LogP contribution in [0.3, 0.4) is 0 Å². The average Bonchev–Trinajstić information content (AvgIpc) is 3.21. The third kappa shape index (κ3) is 3.64. The third-order valence-electron chi connectivity index (χ3n) is 4.23. The molecular weight excluding hydrogens is 342 g/mol. The van der Waals surface area contributed by atoms with Crippen LogP contribution in [0, 0.1) is 0 Å². The van der Waals surface area contributed by atoms with Crippen LogP contribution in [0.15, 0.2) is 77.5 Å². The number of para-hydroxylation sites is 3. The molecule has 0 spiro atoms. The second-order valence-electron chi connectivity index (χ2n) is 6.11. The predicted octanol–water partition coefficient (Wildman–Crippen LogP) is 3.77. The van der Waals surface area contributed by atoms with E-state index in [9.17, 15) is 9.90 Å². The molecule has 2 heterocycles. The van der Waals surface area contributed by atoms with Gasteiger partial charge in [0.25, 0.3) is 5.91 Å². The van der Waals surface area contributed by atoms with Gasteiger partial charge in [0.05, 0.1) is 36.6 Å². The van der Waals surface area contributed by atoms with Crippen LogP contribution in [0.5, 0.6) is 5.75 Å². The monoisotopic (exact) mass is 359 g/mol. The summed E-state index contributed by atoms with van der Waals surface area (Å²) in [4.78, 5) is 23.5. The number of hydrogen-bond acceptors (Lipinski definition) is 5. The number of carbonyl (C=O) groups excluding carboxylic acids is 1. The Kier molecular flexibility index (Phi) is 4.53. The topological polar surface area (TPSA) is 79.5 Å². The number of phenolic OH excluding ortho intramolecular Hbond substituents is 1.